The van der Waals surface area contributed by atoms with Gasteiger partial charge in [0, 0.05) is 15.6 Å². The van der Waals surface area contributed by atoms with Gasteiger partial charge in [-0.3, -0.25) is 0 Å². The van der Waals surface area contributed by atoms with Crippen molar-refractivity contribution in [3.8, 4) is 34.3 Å². The zero-order valence-electron chi connectivity index (χ0n) is 16.4. The van der Waals surface area contributed by atoms with Gasteiger partial charge in [0.25, 0.3) is 5.89 Å². The van der Waals surface area contributed by atoms with Gasteiger partial charge >= 0.3 is 0 Å². The van der Waals surface area contributed by atoms with Gasteiger partial charge in [0.15, 0.2) is 0 Å². The van der Waals surface area contributed by atoms with E-state index in [1.165, 1.54) is 0 Å². The summed E-state index contributed by atoms with van der Waals surface area (Å²) in [6.45, 7) is 2.36. The smallest absolute Gasteiger partial charge is 0.258 e. The van der Waals surface area contributed by atoms with Crippen LogP contribution in [0.15, 0.2) is 65.2 Å². The lowest BCUT2D eigenvalue weighted by atomic mass is 10.1. The average Bonchev–Trinajstić information content (AvgIpc) is 3.23. The van der Waals surface area contributed by atoms with Crippen molar-refractivity contribution in [2.45, 2.75) is 13.5 Å². The van der Waals surface area contributed by atoms with Crippen LogP contribution in [0.1, 0.15) is 11.1 Å². The Balaban J connectivity index is 1.55. The predicted octanol–water partition coefficient (Wildman–Crippen LogP) is 6.61. The van der Waals surface area contributed by atoms with E-state index < -0.39 is 0 Å². The molecule has 3 aromatic carbocycles. The molecule has 0 radical (unpaired) electrons. The van der Waals surface area contributed by atoms with Crippen LogP contribution >= 0.6 is 23.2 Å². The standard InChI is InChI=1S/C23H18Cl2N2O3/c1-14-10-17(24)6-8-20(14)29-13-15-4-3-5-16(11-15)23-26-22(27-30-23)19-12-18(25)7-9-21(19)28-2/h3-12H,13H2,1-2H3. The van der Waals surface area contributed by atoms with Crippen LogP contribution in [0.2, 0.25) is 10.0 Å². The highest BCUT2D eigenvalue weighted by Gasteiger charge is 2.15. The van der Waals surface area contributed by atoms with Crippen molar-refractivity contribution in [1.29, 1.82) is 0 Å². The molecule has 7 heteroatoms. The maximum Gasteiger partial charge on any atom is 0.258 e. The van der Waals surface area contributed by atoms with Crippen molar-refractivity contribution in [3.63, 3.8) is 0 Å². The summed E-state index contributed by atoms with van der Waals surface area (Å²) in [6.07, 6.45) is 0. The van der Waals surface area contributed by atoms with Crippen molar-refractivity contribution in [3.05, 3.63) is 81.8 Å². The van der Waals surface area contributed by atoms with E-state index in [2.05, 4.69) is 10.1 Å². The molecule has 1 heterocycles. The monoisotopic (exact) mass is 440 g/mol. The maximum absolute atomic E-state index is 6.11. The molecular weight excluding hydrogens is 423 g/mol. The van der Waals surface area contributed by atoms with Gasteiger partial charge in [-0.15, -0.1) is 0 Å². The first-order valence-corrected chi connectivity index (χ1v) is 9.95. The van der Waals surface area contributed by atoms with E-state index in [9.17, 15) is 0 Å². The molecule has 0 aliphatic carbocycles. The highest BCUT2D eigenvalue weighted by atomic mass is 35.5. The third kappa shape index (κ3) is 4.42. The molecule has 0 aliphatic rings. The molecule has 30 heavy (non-hydrogen) atoms. The van der Waals surface area contributed by atoms with E-state index in [1.807, 2.05) is 49.4 Å². The van der Waals surface area contributed by atoms with Gasteiger partial charge in [0.05, 0.1) is 12.7 Å². The molecule has 0 fully saturated rings. The molecule has 0 bridgehead atoms. The Morgan fingerprint density at radius 2 is 1.70 bits per heavy atom. The molecular formula is C23H18Cl2N2O3. The van der Waals surface area contributed by atoms with Crippen molar-refractivity contribution in [2.24, 2.45) is 0 Å². The molecule has 0 atom stereocenters. The summed E-state index contributed by atoms with van der Waals surface area (Å²) < 4.78 is 16.8. The fraction of sp³-hybridized carbons (Fsp3) is 0.130. The number of halogens is 2. The first-order valence-electron chi connectivity index (χ1n) is 9.19. The normalized spacial score (nSPS) is 10.8. The summed E-state index contributed by atoms with van der Waals surface area (Å²) in [5.74, 6) is 2.21. The van der Waals surface area contributed by atoms with Crippen LogP contribution in [0.3, 0.4) is 0 Å². The van der Waals surface area contributed by atoms with Crippen LogP contribution in [0.4, 0.5) is 0 Å². The molecule has 0 N–H and O–H groups in total. The Labute approximate surface area is 184 Å². The summed E-state index contributed by atoms with van der Waals surface area (Å²) in [6, 6.07) is 18.6. The first-order chi connectivity index (χ1) is 14.5. The maximum atomic E-state index is 6.11. The van der Waals surface area contributed by atoms with E-state index in [-0.39, 0.29) is 0 Å². The lowest BCUT2D eigenvalue weighted by molar-refractivity contribution is 0.304. The summed E-state index contributed by atoms with van der Waals surface area (Å²) in [7, 11) is 1.58. The summed E-state index contributed by atoms with van der Waals surface area (Å²) in [5, 5.41) is 5.34. The van der Waals surface area contributed by atoms with E-state index >= 15 is 0 Å². The molecule has 5 nitrogen and oxygen atoms in total. The zero-order chi connectivity index (χ0) is 21.1. The molecule has 0 saturated heterocycles. The number of hydrogen-bond donors (Lipinski definition) is 0. The molecule has 0 amide bonds. The van der Waals surface area contributed by atoms with Crippen molar-refractivity contribution < 1.29 is 14.0 Å². The van der Waals surface area contributed by atoms with E-state index in [1.54, 1.807) is 25.3 Å². The Morgan fingerprint density at radius 1 is 0.933 bits per heavy atom. The van der Waals surface area contributed by atoms with Gasteiger partial charge in [-0.1, -0.05) is 40.5 Å². The van der Waals surface area contributed by atoms with Gasteiger partial charge in [0.1, 0.15) is 18.1 Å². The number of benzene rings is 3. The second kappa shape index (κ2) is 8.78. The van der Waals surface area contributed by atoms with Gasteiger partial charge < -0.3 is 14.0 Å². The Morgan fingerprint density at radius 3 is 2.47 bits per heavy atom. The largest absolute Gasteiger partial charge is 0.496 e. The molecule has 152 valence electrons. The molecule has 0 unspecified atom stereocenters. The van der Waals surface area contributed by atoms with E-state index in [0.717, 1.165) is 22.4 Å². The minimum Gasteiger partial charge on any atom is -0.496 e. The SMILES string of the molecule is COc1ccc(Cl)cc1-c1noc(-c2cccc(COc3ccc(Cl)cc3C)c2)n1. The van der Waals surface area contributed by atoms with Crippen molar-refractivity contribution in [2.75, 3.05) is 7.11 Å². The Kier molecular flexibility index (Phi) is 5.93. The molecule has 0 spiro atoms. The number of aromatic nitrogens is 2. The number of ether oxygens (including phenoxy) is 2. The fourth-order valence-electron chi connectivity index (χ4n) is 3.04. The zero-order valence-corrected chi connectivity index (χ0v) is 17.9. The van der Waals surface area contributed by atoms with Crippen LogP contribution in [0.25, 0.3) is 22.8 Å². The third-order valence-corrected chi connectivity index (χ3v) is 5.00. The average molecular weight is 441 g/mol. The molecule has 0 saturated carbocycles. The summed E-state index contributed by atoms with van der Waals surface area (Å²) >= 11 is 12.1. The van der Waals surface area contributed by atoms with Gasteiger partial charge in [-0.25, -0.2) is 0 Å². The van der Waals surface area contributed by atoms with Gasteiger partial charge in [0.2, 0.25) is 5.82 Å². The van der Waals surface area contributed by atoms with Crippen LogP contribution in [0, 0.1) is 6.92 Å². The number of aryl methyl sites for hydroxylation is 1. The molecule has 0 aliphatic heterocycles. The lowest BCUT2D eigenvalue weighted by Gasteiger charge is -2.10. The van der Waals surface area contributed by atoms with Crippen LogP contribution in [-0.4, -0.2) is 17.3 Å². The number of methoxy groups -OCH3 is 1. The van der Waals surface area contributed by atoms with E-state index in [0.29, 0.717) is 39.7 Å². The number of hydrogen-bond acceptors (Lipinski definition) is 5. The molecule has 1 aromatic heterocycles. The van der Waals surface area contributed by atoms with Gasteiger partial charge in [-0.2, -0.15) is 4.98 Å². The van der Waals surface area contributed by atoms with Crippen molar-refractivity contribution >= 4 is 23.2 Å². The minimum absolute atomic E-state index is 0.400. The lowest BCUT2D eigenvalue weighted by Crippen LogP contribution is -1.97. The van der Waals surface area contributed by atoms with Gasteiger partial charge in [-0.05, 0) is 66.6 Å². The minimum atomic E-state index is 0.400. The Hall–Kier alpha value is -3.02. The molecule has 4 aromatic rings. The topological polar surface area (TPSA) is 57.4 Å². The van der Waals surface area contributed by atoms with Crippen LogP contribution < -0.4 is 9.47 Å². The van der Waals surface area contributed by atoms with Crippen molar-refractivity contribution in [1.82, 2.24) is 10.1 Å². The number of nitrogens with zero attached hydrogens (tertiary/aromatic N) is 2. The van der Waals surface area contributed by atoms with E-state index in [4.69, 9.17) is 37.2 Å². The fourth-order valence-corrected chi connectivity index (χ4v) is 3.43. The van der Waals surface area contributed by atoms with Crippen LogP contribution in [-0.2, 0) is 6.61 Å². The predicted molar refractivity (Wildman–Crippen MR) is 117 cm³/mol. The summed E-state index contributed by atoms with van der Waals surface area (Å²) in [4.78, 5) is 4.51. The third-order valence-electron chi connectivity index (χ3n) is 4.53. The highest BCUT2D eigenvalue weighted by Crippen LogP contribution is 2.32. The number of rotatable bonds is 6. The quantitative estimate of drug-likeness (QED) is 0.337. The summed E-state index contributed by atoms with van der Waals surface area (Å²) in [5.41, 5.74) is 3.42. The second-order valence-electron chi connectivity index (χ2n) is 6.67. The molecule has 4 rings (SSSR count). The first kappa shape index (κ1) is 20.3. The second-order valence-corrected chi connectivity index (χ2v) is 7.54. The Bertz CT molecular complexity index is 1190. The highest BCUT2D eigenvalue weighted by molar-refractivity contribution is 6.31. The van der Waals surface area contributed by atoms with Crippen LogP contribution in [0.5, 0.6) is 11.5 Å².